The second-order valence-electron chi connectivity index (χ2n) is 4.74. The minimum atomic E-state index is -2.15. The van der Waals surface area contributed by atoms with Gasteiger partial charge in [-0.25, -0.2) is 9.59 Å². The van der Waals surface area contributed by atoms with Crippen molar-refractivity contribution in [3.63, 3.8) is 0 Å². The molecule has 0 aromatic heterocycles. The molecule has 0 radical (unpaired) electrons. The maximum Gasteiger partial charge on any atom is 0.340 e. The first-order valence-electron chi connectivity index (χ1n) is 6.40. The monoisotopic (exact) mass is 279 g/mol. The van der Waals surface area contributed by atoms with Crippen LogP contribution in [0.2, 0.25) is 0 Å². The van der Waals surface area contributed by atoms with E-state index >= 15 is 0 Å². The summed E-state index contributed by atoms with van der Waals surface area (Å²) in [5.74, 6) is -2.40. The molecule has 0 spiro atoms. The Bertz CT molecular complexity index is 484. The normalized spacial score (nSPS) is 21.1. The number of carboxylic acids is 1. The summed E-state index contributed by atoms with van der Waals surface area (Å²) in [5.41, 5.74) is 4.37. The summed E-state index contributed by atoms with van der Waals surface area (Å²) in [6, 6.07) is 8.99. The highest BCUT2D eigenvalue weighted by Crippen LogP contribution is 2.24. The van der Waals surface area contributed by atoms with Crippen molar-refractivity contribution < 1.29 is 24.2 Å². The number of nitrogens with two attached hydrogens (primary N) is 1. The predicted octanol–water partition coefficient (Wildman–Crippen LogP) is 0.691. The number of aliphatic carboxylic acids is 1. The molecule has 1 aliphatic heterocycles. The number of hydrogen-bond acceptors (Lipinski definition) is 5. The molecule has 3 N–H and O–H groups in total. The van der Waals surface area contributed by atoms with E-state index in [0.29, 0.717) is 19.4 Å². The lowest BCUT2D eigenvalue weighted by Crippen LogP contribution is -2.63. The molecule has 1 saturated heterocycles. The quantitative estimate of drug-likeness (QED) is 0.608. The smallest absolute Gasteiger partial charge is 0.340 e. The third kappa shape index (κ3) is 2.81. The van der Waals surface area contributed by atoms with Crippen LogP contribution in [0.1, 0.15) is 18.4 Å². The zero-order valence-electron chi connectivity index (χ0n) is 11.0. The van der Waals surface area contributed by atoms with E-state index in [0.717, 1.165) is 5.56 Å². The lowest BCUT2D eigenvalue weighted by molar-refractivity contribution is -0.168. The van der Waals surface area contributed by atoms with E-state index in [9.17, 15) is 14.7 Å². The van der Waals surface area contributed by atoms with Crippen LogP contribution in [0.25, 0.3) is 0 Å². The molecule has 0 bridgehead atoms. The molecule has 2 unspecified atom stereocenters. The van der Waals surface area contributed by atoms with Gasteiger partial charge in [0, 0.05) is 6.61 Å². The van der Waals surface area contributed by atoms with E-state index in [1.165, 1.54) is 0 Å². The standard InChI is InChI=1S/C14H17NO5/c15-14(12(16)17,11-7-4-8-19-11)13(18)20-9-10-5-2-1-3-6-10/h1-3,5-6,11H,4,7-9,15H2,(H,16,17). The van der Waals surface area contributed by atoms with Crippen LogP contribution in [-0.2, 0) is 25.7 Å². The predicted molar refractivity (Wildman–Crippen MR) is 69.8 cm³/mol. The van der Waals surface area contributed by atoms with Crippen molar-refractivity contribution in [3.8, 4) is 0 Å². The van der Waals surface area contributed by atoms with Gasteiger partial charge in [-0.15, -0.1) is 0 Å². The first kappa shape index (κ1) is 14.5. The SMILES string of the molecule is NC(C(=O)O)(C(=O)OCc1ccccc1)C1CCCO1. The van der Waals surface area contributed by atoms with Crippen molar-refractivity contribution in [2.75, 3.05) is 6.61 Å². The number of hydrogen-bond donors (Lipinski definition) is 2. The van der Waals surface area contributed by atoms with E-state index in [1.807, 2.05) is 6.07 Å². The summed E-state index contributed by atoms with van der Waals surface area (Å²) in [6.07, 6.45) is 0.273. The van der Waals surface area contributed by atoms with Crippen LogP contribution in [-0.4, -0.2) is 35.3 Å². The van der Waals surface area contributed by atoms with Gasteiger partial charge in [0.1, 0.15) is 6.61 Å². The van der Waals surface area contributed by atoms with Gasteiger partial charge in [0.2, 0.25) is 5.54 Å². The molecule has 2 atom stereocenters. The zero-order valence-corrected chi connectivity index (χ0v) is 11.0. The highest BCUT2D eigenvalue weighted by molar-refractivity contribution is 6.04. The van der Waals surface area contributed by atoms with Crippen LogP contribution >= 0.6 is 0 Å². The van der Waals surface area contributed by atoms with Crippen molar-refractivity contribution in [1.82, 2.24) is 0 Å². The van der Waals surface area contributed by atoms with E-state index in [1.54, 1.807) is 24.3 Å². The van der Waals surface area contributed by atoms with E-state index in [2.05, 4.69) is 0 Å². The second-order valence-corrected chi connectivity index (χ2v) is 4.74. The van der Waals surface area contributed by atoms with Crippen LogP contribution in [0.3, 0.4) is 0 Å². The molecule has 6 nitrogen and oxygen atoms in total. The molecule has 1 aromatic rings. The third-order valence-electron chi connectivity index (χ3n) is 3.34. The van der Waals surface area contributed by atoms with Crippen LogP contribution in [0.4, 0.5) is 0 Å². The number of rotatable bonds is 5. The van der Waals surface area contributed by atoms with Crippen molar-refractivity contribution in [2.45, 2.75) is 31.1 Å². The van der Waals surface area contributed by atoms with Crippen molar-refractivity contribution >= 4 is 11.9 Å². The molecule has 0 saturated carbocycles. The number of benzene rings is 1. The van der Waals surface area contributed by atoms with E-state index < -0.39 is 23.6 Å². The van der Waals surface area contributed by atoms with Gasteiger partial charge in [-0.1, -0.05) is 30.3 Å². The minimum absolute atomic E-state index is 0.0153. The van der Waals surface area contributed by atoms with Crippen molar-refractivity contribution in [1.29, 1.82) is 0 Å². The van der Waals surface area contributed by atoms with Crippen LogP contribution in [0, 0.1) is 0 Å². The molecule has 20 heavy (non-hydrogen) atoms. The third-order valence-corrected chi connectivity index (χ3v) is 3.34. The lowest BCUT2D eigenvalue weighted by atomic mass is 9.91. The average Bonchev–Trinajstić information content (AvgIpc) is 2.99. The van der Waals surface area contributed by atoms with Gasteiger partial charge in [-0.05, 0) is 18.4 Å². The molecule has 108 valence electrons. The maximum atomic E-state index is 12.1. The van der Waals surface area contributed by atoms with Crippen molar-refractivity contribution in [3.05, 3.63) is 35.9 Å². The Morgan fingerprint density at radius 1 is 1.40 bits per heavy atom. The molecule has 1 aromatic carbocycles. The Labute approximate surface area is 116 Å². The largest absolute Gasteiger partial charge is 0.479 e. The first-order valence-corrected chi connectivity index (χ1v) is 6.40. The highest BCUT2D eigenvalue weighted by Gasteiger charge is 2.52. The summed E-state index contributed by atoms with van der Waals surface area (Å²) < 4.78 is 10.3. The molecule has 1 aliphatic rings. The first-order chi connectivity index (χ1) is 9.55. The summed E-state index contributed by atoms with van der Waals surface area (Å²) >= 11 is 0. The van der Waals surface area contributed by atoms with Gasteiger partial charge in [0.15, 0.2) is 0 Å². The van der Waals surface area contributed by atoms with E-state index in [4.69, 9.17) is 15.2 Å². The fourth-order valence-corrected chi connectivity index (χ4v) is 2.14. The van der Waals surface area contributed by atoms with Gasteiger partial charge < -0.3 is 20.3 Å². The summed E-state index contributed by atoms with van der Waals surface area (Å²) in [7, 11) is 0. The molecule has 1 fully saturated rings. The van der Waals surface area contributed by atoms with Gasteiger partial charge in [-0.3, -0.25) is 0 Å². The topological polar surface area (TPSA) is 98.9 Å². The Morgan fingerprint density at radius 2 is 2.10 bits per heavy atom. The van der Waals surface area contributed by atoms with Gasteiger partial charge in [0.05, 0.1) is 6.10 Å². The Morgan fingerprint density at radius 3 is 2.65 bits per heavy atom. The molecule has 0 amide bonds. The van der Waals surface area contributed by atoms with Crippen LogP contribution in [0.15, 0.2) is 30.3 Å². The van der Waals surface area contributed by atoms with Gasteiger partial charge in [0.25, 0.3) is 0 Å². The molecule has 6 heteroatoms. The number of esters is 1. The Hall–Kier alpha value is -1.92. The zero-order chi connectivity index (χ0) is 14.6. The van der Waals surface area contributed by atoms with Gasteiger partial charge in [-0.2, -0.15) is 0 Å². The summed E-state index contributed by atoms with van der Waals surface area (Å²) in [4.78, 5) is 23.4. The molecular formula is C14H17NO5. The number of carbonyl (C=O) groups excluding carboxylic acids is 1. The fourth-order valence-electron chi connectivity index (χ4n) is 2.14. The lowest BCUT2D eigenvalue weighted by Gasteiger charge is -2.27. The van der Waals surface area contributed by atoms with Crippen LogP contribution < -0.4 is 5.73 Å². The summed E-state index contributed by atoms with van der Waals surface area (Å²) in [5, 5.41) is 9.25. The van der Waals surface area contributed by atoms with Crippen molar-refractivity contribution in [2.24, 2.45) is 5.73 Å². The van der Waals surface area contributed by atoms with Crippen LogP contribution in [0.5, 0.6) is 0 Å². The minimum Gasteiger partial charge on any atom is -0.479 e. The molecule has 0 aliphatic carbocycles. The maximum absolute atomic E-state index is 12.1. The fraction of sp³-hybridized carbons (Fsp3) is 0.429. The molecule has 1 heterocycles. The molecular weight excluding hydrogens is 262 g/mol. The number of carboxylic acid groups (broad SMARTS) is 1. The average molecular weight is 279 g/mol. The highest BCUT2D eigenvalue weighted by atomic mass is 16.5. The Kier molecular flexibility index (Phi) is 4.36. The number of ether oxygens (including phenoxy) is 2. The Balaban J connectivity index is 2.05. The van der Waals surface area contributed by atoms with Gasteiger partial charge >= 0.3 is 11.9 Å². The summed E-state index contributed by atoms with van der Waals surface area (Å²) in [6.45, 7) is 0.390. The second kappa shape index (κ2) is 6.02. The number of carbonyl (C=O) groups is 2. The van der Waals surface area contributed by atoms with E-state index in [-0.39, 0.29) is 6.61 Å². The molecule has 2 rings (SSSR count).